The maximum atomic E-state index is 12.8. The van der Waals surface area contributed by atoms with Gasteiger partial charge in [-0.25, -0.2) is 0 Å². The lowest BCUT2D eigenvalue weighted by molar-refractivity contribution is -0.117. The van der Waals surface area contributed by atoms with Crippen LogP contribution in [0.2, 0.25) is 0 Å². The second kappa shape index (κ2) is 8.35. The molecule has 1 aromatic heterocycles. The first-order chi connectivity index (χ1) is 14.8. The Kier molecular flexibility index (Phi) is 5.61. The number of carbonyl (C=O) groups excluding carboxylic acids is 3. The first-order valence-corrected chi connectivity index (χ1v) is 10.9. The van der Waals surface area contributed by atoms with Gasteiger partial charge in [-0.3, -0.25) is 14.4 Å². The predicted octanol–water partition coefficient (Wildman–Crippen LogP) is 4.67. The fourth-order valence-corrected chi connectivity index (χ4v) is 4.70. The van der Waals surface area contributed by atoms with Crippen molar-refractivity contribution in [3.8, 4) is 11.1 Å². The van der Waals surface area contributed by atoms with Gasteiger partial charge in [0.05, 0.1) is 5.56 Å². The van der Waals surface area contributed by atoms with E-state index in [-0.39, 0.29) is 17.7 Å². The van der Waals surface area contributed by atoms with Crippen molar-refractivity contribution < 1.29 is 14.4 Å². The summed E-state index contributed by atoms with van der Waals surface area (Å²) in [7, 11) is 0. The molecule has 7 heteroatoms. The molecule has 0 bridgehead atoms. The molecule has 2 aromatic carbocycles. The van der Waals surface area contributed by atoms with Crippen LogP contribution in [-0.4, -0.2) is 17.7 Å². The van der Waals surface area contributed by atoms with Gasteiger partial charge in [-0.05, 0) is 49.1 Å². The summed E-state index contributed by atoms with van der Waals surface area (Å²) < 4.78 is 0. The van der Waals surface area contributed by atoms with Crippen molar-refractivity contribution >= 4 is 39.7 Å². The van der Waals surface area contributed by atoms with E-state index < -0.39 is 5.91 Å². The summed E-state index contributed by atoms with van der Waals surface area (Å²) in [6.07, 6.45) is 0.916. The number of thiophene rings is 1. The average Bonchev–Trinajstić information content (AvgIpc) is 3.39. The van der Waals surface area contributed by atoms with Gasteiger partial charge in [-0.2, -0.15) is 0 Å². The Morgan fingerprint density at radius 2 is 1.65 bits per heavy atom. The van der Waals surface area contributed by atoms with Crippen molar-refractivity contribution in [3.05, 3.63) is 70.6 Å². The number of rotatable bonds is 6. The van der Waals surface area contributed by atoms with Crippen molar-refractivity contribution in [2.75, 3.05) is 10.6 Å². The molecule has 4 N–H and O–H groups in total. The second-order valence-electron chi connectivity index (χ2n) is 7.81. The number of nitrogens with two attached hydrogens (primary N) is 1. The van der Waals surface area contributed by atoms with E-state index in [1.54, 1.807) is 24.3 Å². The van der Waals surface area contributed by atoms with Crippen molar-refractivity contribution in [1.29, 1.82) is 0 Å². The first-order valence-electron chi connectivity index (χ1n) is 10.1. The fourth-order valence-electron chi connectivity index (χ4n) is 3.62. The van der Waals surface area contributed by atoms with Crippen molar-refractivity contribution in [3.63, 3.8) is 0 Å². The lowest BCUT2D eigenvalue weighted by atomic mass is 10.0. The Morgan fingerprint density at radius 1 is 1.00 bits per heavy atom. The van der Waals surface area contributed by atoms with Crippen LogP contribution in [0, 0.1) is 18.8 Å². The predicted molar refractivity (Wildman–Crippen MR) is 123 cm³/mol. The van der Waals surface area contributed by atoms with Crippen LogP contribution in [0.1, 0.15) is 38.9 Å². The number of anilines is 2. The Morgan fingerprint density at radius 3 is 2.23 bits per heavy atom. The zero-order valence-corrected chi connectivity index (χ0v) is 18.1. The summed E-state index contributed by atoms with van der Waals surface area (Å²) in [5.41, 5.74) is 8.65. The summed E-state index contributed by atoms with van der Waals surface area (Å²) in [5.74, 6) is -0.420. The zero-order chi connectivity index (χ0) is 22.1. The van der Waals surface area contributed by atoms with Crippen LogP contribution in [0.25, 0.3) is 11.1 Å². The van der Waals surface area contributed by atoms with Gasteiger partial charge < -0.3 is 16.4 Å². The third kappa shape index (κ3) is 4.36. The highest BCUT2D eigenvalue weighted by Gasteiger charge is 2.39. The molecular weight excluding hydrogens is 410 g/mol. The molecule has 0 saturated heterocycles. The number of carbonyl (C=O) groups is 3. The van der Waals surface area contributed by atoms with E-state index in [4.69, 9.17) is 5.73 Å². The molecule has 0 radical (unpaired) electrons. The van der Waals surface area contributed by atoms with Gasteiger partial charge in [0.1, 0.15) is 5.00 Å². The molecule has 2 unspecified atom stereocenters. The number of nitrogens with one attached hydrogen (secondary N) is 2. The summed E-state index contributed by atoms with van der Waals surface area (Å²) in [6.45, 7) is 3.95. The molecule has 4 rings (SSSR count). The molecule has 3 amide bonds. The molecule has 1 aliphatic rings. The molecule has 2 atom stereocenters. The lowest BCUT2D eigenvalue weighted by Crippen LogP contribution is -2.17. The molecule has 1 heterocycles. The quantitative estimate of drug-likeness (QED) is 0.526. The maximum absolute atomic E-state index is 12.8. The summed E-state index contributed by atoms with van der Waals surface area (Å²) in [5, 5.41) is 6.12. The molecule has 1 saturated carbocycles. The van der Waals surface area contributed by atoms with Gasteiger partial charge in [0.15, 0.2) is 0 Å². The van der Waals surface area contributed by atoms with E-state index in [0.29, 0.717) is 27.7 Å². The van der Waals surface area contributed by atoms with Gasteiger partial charge >= 0.3 is 0 Å². The van der Waals surface area contributed by atoms with Crippen LogP contribution in [0.4, 0.5) is 10.7 Å². The highest BCUT2D eigenvalue weighted by atomic mass is 32.1. The summed E-state index contributed by atoms with van der Waals surface area (Å²) in [4.78, 5) is 38.0. The van der Waals surface area contributed by atoms with Gasteiger partial charge in [0, 0.05) is 27.6 Å². The normalized spacial score (nSPS) is 17.1. The molecule has 6 nitrogen and oxygen atoms in total. The van der Waals surface area contributed by atoms with Crippen LogP contribution in [0.3, 0.4) is 0 Å². The smallest absolute Gasteiger partial charge is 0.256 e. The molecule has 3 aromatic rings. The van der Waals surface area contributed by atoms with E-state index in [1.165, 1.54) is 11.3 Å². The number of amides is 3. The van der Waals surface area contributed by atoms with Crippen LogP contribution in [0.15, 0.2) is 54.6 Å². The SMILES string of the molecule is Cc1sc(NC(=O)c2ccc(NC(=O)C3CC3C)cc2)c(C(N)=O)c1-c1ccccc1. The number of benzene rings is 2. The van der Waals surface area contributed by atoms with Crippen LogP contribution in [-0.2, 0) is 4.79 Å². The van der Waals surface area contributed by atoms with Gasteiger partial charge in [-0.15, -0.1) is 11.3 Å². The van der Waals surface area contributed by atoms with Crippen molar-refractivity contribution in [1.82, 2.24) is 0 Å². The standard InChI is InChI=1S/C24H23N3O3S/c1-13-12-18(13)23(30)26-17-10-8-16(9-11-17)22(29)27-24-20(21(25)28)19(14(2)31-24)15-6-4-3-5-7-15/h3-11,13,18H,12H2,1-2H3,(H2,25,28)(H,26,30)(H,27,29). The highest BCUT2D eigenvalue weighted by molar-refractivity contribution is 7.17. The van der Waals surface area contributed by atoms with Crippen LogP contribution in [0.5, 0.6) is 0 Å². The number of hydrogen-bond donors (Lipinski definition) is 3. The molecule has 158 valence electrons. The molecule has 1 fully saturated rings. The molecule has 31 heavy (non-hydrogen) atoms. The topological polar surface area (TPSA) is 101 Å². The minimum Gasteiger partial charge on any atom is -0.365 e. The van der Waals surface area contributed by atoms with E-state index in [0.717, 1.165) is 22.4 Å². The minimum absolute atomic E-state index is 0.0123. The van der Waals surface area contributed by atoms with Crippen LogP contribution >= 0.6 is 11.3 Å². The largest absolute Gasteiger partial charge is 0.365 e. The lowest BCUT2D eigenvalue weighted by Gasteiger charge is -2.08. The molecule has 0 spiro atoms. The average molecular weight is 434 g/mol. The summed E-state index contributed by atoms with van der Waals surface area (Å²) >= 11 is 1.32. The number of primary amides is 1. The van der Waals surface area contributed by atoms with Crippen molar-refractivity contribution in [2.45, 2.75) is 20.3 Å². The van der Waals surface area contributed by atoms with Gasteiger partial charge in [-0.1, -0.05) is 37.3 Å². The third-order valence-corrected chi connectivity index (χ3v) is 6.50. The molecule has 1 aliphatic carbocycles. The van der Waals surface area contributed by atoms with E-state index in [1.807, 2.05) is 44.2 Å². The van der Waals surface area contributed by atoms with E-state index in [2.05, 4.69) is 10.6 Å². The fraction of sp³-hybridized carbons (Fsp3) is 0.208. The number of aryl methyl sites for hydroxylation is 1. The molecular formula is C24H23N3O3S. The Balaban J connectivity index is 1.53. The molecule has 0 aliphatic heterocycles. The van der Waals surface area contributed by atoms with Gasteiger partial charge in [0.2, 0.25) is 5.91 Å². The van der Waals surface area contributed by atoms with E-state index >= 15 is 0 Å². The number of hydrogen-bond acceptors (Lipinski definition) is 4. The summed E-state index contributed by atoms with van der Waals surface area (Å²) in [6, 6.07) is 16.2. The first kappa shape index (κ1) is 20.8. The monoisotopic (exact) mass is 433 g/mol. The second-order valence-corrected chi connectivity index (χ2v) is 9.03. The van der Waals surface area contributed by atoms with Crippen LogP contribution < -0.4 is 16.4 Å². The highest BCUT2D eigenvalue weighted by Crippen LogP contribution is 2.40. The van der Waals surface area contributed by atoms with Crippen molar-refractivity contribution in [2.24, 2.45) is 17.6 Å². The van der Waals surface area contributed by atoms with E-state index in [9.17, 15) is 14.4 Å². The minimum atomic E-state index is -0.592. The Hall–Kier alpha value is -3.45. The maximum Gasteiger partial charge on any atom is 0.256 e. The van der Waals surface area contributed by atoms with Gasteiger partial charge in [0.25, 0.3) is 11.8 Å². The third-order valence-electron chi connectivity index (χ3n) is 5.48. The Labute approximate surface area is 184 Å². The Bertz CT molecular complexity index is 1150. The zero-order valence-electron chi connectivity index (χ0n) is 17.3.